The van der Waals surface area contributed by atoms with Gasteiger partial charge in [0.05, 0.1) is 23.8 Å². The number of ketones is 1. The third-order valence-corrected chi connectivity index (χ3v) is 5.22. The molecule has 0 saturated carbocycles. The Morgan fingerprint density at radius 2 is 1.76 bits per heavy atom. The number of aliphatic hydroxyl groups excluding tert-OH is 1. The quantitative estimate of drug-likeness (QED) is 0.267. The number of carbonyl (C=O) groups is 3. The van der Waals surface area contributed by atoms with Gasteiger partial charge in [0.1, 0.15) is 11.5 Å². The van der Waals surface area contributed by atoms with E-state index in [-0.39, 0.29) is 34.9 Å². The lowest BCUT2D eigenvalue weighted by Crippen LogP contribution is -2.29. The van der Waals surface area contributed by atoms with Gasteiger partial charge < -0.3 is 14.9 Å². The second kappa shape index (κ2) is 8.96. The predicted octanol–water partition coefficient (Wildman–Crippen LogP) is 3.59. The average molecular weight is 444 g/mol. The number of phenols is 1. The summed E-state index contributed by atoms with van der Waals surface area (Å²) < 4.78 is 5.04. The lowest BCUT2D eigenvalue weighted by molar-refractivity contribution is -0.132. The lowest BCUT2D eigenvalue weighted by Gasteiger charge is -2.26. The normalized spacial score (nSPS) is 17.2. The van der Waals surface area contributed by atoms with Crippen LogP contribution in [0.5, 0.6) is 5.75 Å². The minimum Gasteiger partial charge on any atom is -0.508 e. The highest BCUT2D eigenvalue weighted by atomic mass is 16.5. The van der Waals surface area contributed by atoms with Crippen molar-refractivity contribution in [3.8, 4) is 5.75 Å². The second-order valence-corrected chi connectivity index (χ2v) is 7.27. The fourth-order valence-electron chi connectivity index (χ4n) is 3.77. The number of phenolic OH excluding ortho intramolecular Hbond substituents is 1. The van der Waals surface area contributed by atoms with Gasteiger partial charge in [-0.25, -0.2) is 4.79 Å². The second-order valence-electron chi connectivity index (χ2n) is 7.27. The zero-order chi connectivity index (χ0) is 23.5. The molecular weight excluding hydrogens is 424 g/mol. The Bertz CT molecular complexity index is 1270. The predicted molar refractivity (Wildman–Crippen MR) is 120 cm³/mol. The van der Waals surface area contributed by atoms with Crippen molar-refractivity contribution in [2.75, 3.05) is 11.5 Å². The van der Waals surface area contributed by atoms with Crippen LogP contribution in [-0.4, -0.2) is 39.5 Å². The van der Waals surface area contributed by atoms with Gasteiger partial charge in [-0.2, -0.15) is 0 Å². The summed E-state index contributed by atoms with van der Waals surface area (Å²) in [5, 5.41) is 21.0. The summed E-state index contributed by atoms with van der Waals surface area (Å²) in [7, 11) is 0. The Morgan fingerprint density at radius 3 is 2.45 bits per heavy atom. The van der Waals surface area contributed by atoms with Gasteiger partial charge in [0, 0.05) is 23.6 Å². The van der Waals surface area contributed by atoms with E-state index in [0.717, 1.165) is 0 Å². The van der Waals surface area contributed by atoms with E-state index in [1.165, 1.54) is 47.6 Å². The lowest BCUT2D eigenvalue weighted by atomic mass is 9.95. The molecule has 0 radical (unpaired) electrons. The summed E-state index contributed by atoms with van der Waals surface area (Å²) in [6.07, 6.45) is 2.91. The van der Waals surface area contributed by atoms with Crippen molar-refractivity contribution in [3.05, 3.63) is 95.3 Å². The molecule has 1 unspecified atom stereocenters. The number of ether oxygens (including phenoxy) is 1. The molecule has 1 saturated heterocycles. The van der Waals surface area contributed by atoms with E-state index < -0.39 is 23.7 Å². The Morgan fingerprint density at radius 1 is 1.03 bits per heavy atom. The molecule has 33 heavy (non-hydrogen) atoms. The topological polar surface area (TPSA) is 117 Å². The number of Topliss-reactive ketones (excluding diaryl/α,β-unsaturated/α-hetero) is 1. The summed E-state index contributed by atoms with van der Waals surface area (Å²) in [5.41, 5.74) is 1.06. The van der Waals surface area contributed by atoms with Crippen LogP contribution in [0.1, 0.15) is 34.5 Å². The number of hydrogen-bond acceptors (Lipinski definition) is 7. The van der Waals surface area contributed by atoms with Gasteiger partial charge in [0.15, 0.2) is 0 Å². The van der Waals surface area contributed by atoms with Crippen LogP contribution in [0.2, 0.25) is 0 Å². The number of rotatable bonds is 5. The van der Waals surface area contributed by atoms with Gasteiger partial charge in [-0.15, -0.1) is 0 Å². The van der Waals surface area contributed by atoms with E-state index in [9.17, 15) is 24.6 Å². The fraction of sp³-hybridized carbons (Fsp3) is 0.120. The molecule has 4 rings (SSSR count). The van der Waals surface area contributed by atoms with Crippen LogP contribution in [-0.2, 0) is 14.3 Å². The first kappa shape index (κ1) is 21.8. The van der Waals surface area contributed by atoms with Crippen molar-refractivity contribution >= 4 is 29.1 Å². The monoisotopic (exact) mass is 444 g/mol. The Labute approximate surface area is 189 Å². The first-order valence-electron chi connectivity index (χ1n) is 10.2. The van der Waals surface area contributed by atoms with E-state index in [4.69, 9.17) is 4.74 Å². The minimum absolute atomic E-state index is 0.0673. The molecule has 8 nitrogen and oxygen atoms in total. The zero-order valence-electron chi connectivity index (χ0n) is 17.6. The zero-order valence-corrected chi connectivity index (χ0v) is 17.6. The molecule has 2 aromatic carbocycles. The summed E-state index contributed by atoms with van der Waals surface area (Å²) in [5.74, 6) is -2.77. The standard InChI is InChI=1S/C25H20N2O6/c1-2-33-25(32)17-6-3-7-18(13-17)27-21(16-5-4-8-19(28)14-16)20(23(30)24(27)31)22(29)15-9-11-26-12-10-15/h3-14,21,28-29H,2H2,1H3/b22-20+. The van der Waals surface area contributed by atoms with Crippen LogP contribution < -0.4 is 4.90 Å². The maximum atomic E-state index is 13.2. The van der Waals surface area contributed by atoms with Gasteiger partial charge >= 0.3 is 5.97 Å². The largest absolute Gasteiger partial charge is 0.508 e. The van der Waals surface area contributed by atoms with E-state index >= 15 is 0 Å². The molecule has 1 aromatic heterocycles. The van der Waals surface area contributed by atoms with E-state index in [2.05, 4.69) is 4.98 Å². The molecule has 1 amide bonds. The van der Waals surface area contributed by atoms with Crippen LogP contribution in [0, 0.1) is 0 Å². The summed E-state index contributed by atoms with van der Waals surface area (Å²) in [4.78, 5) is 43.6. The molecule has 8 heteroatoms. The van der Waals surface area contributed by atoms with Crippen LogP contribution in [0.25, 0.3) is 5.76 Å². The number of anilines is 1. The van der Waals surface area contributed by atoms with Gasteiger partial charge in [0.25, 0.3) is 11.7 Å². The van der Waals surface area contributed by atoms with Gasteiger partial charge in [-0.1, -0.05) is 18.2 Å². The molecule has 0 bridgehead atoms. The molecule has 1 aliphatic heterocycles. The average Bonchev–Trinajstić information content (AvgIpc) is 3.10. The molecule has 2 N–H and O–H groups in total. The smallest absolute Gasteiger partial charge is 0.338 e. The molecule has 2 heterocycles. The molecule has 0 spiro atoms. The maximum absolute atomic E-state index is 13.2. The molecule has 0 aliphatic carbocycles. The molecule has 1 aliphatic rings. The number of pyridine rings is 1. The van der Waals surface area contributed by atoms with Crippen molar-refractivity contribution < 1.29 is 29.3 Å². The van der Waals surface area contributed by atoms with Crippen molar-refractivity contribution in [3.63, 3.8) is 0 Å². The molecule has 166 valence electrons. The highest BCUT2D eigenvalue weighted by Crippen LogP contribution is 2.42. The number of nitrogens with zero attached hydrogens (tertiary/aromatic N) is 2. The number of benzene rings is 2. The maximum Gasteiger partial charge on any atom is 0.338 e. The van der Waals surface area contributed by atoms with Gasteiger partial charge in [-0.3, -0.25) is 19.5 Å². The number of carbonyl (C=O) groups excluding carboxylic acids is 3. The number of aromatic nitrogens is 1. The Kier molecular flexibility index (Phi) is 5.91. The molecule has 1 fully saturated rings. The van der Waals surface area contributed by atoms with Crippen LogP contribution in [0.15, 0.2) is 78.6 Å². The van der Waals surface area contributed by atoms with Crippen molar-refractivity contribution in [1.82, 2.24) is 4.98 Å². The Hall–Kier alpha value is -4.46. The molecule has 1 atom stereocenters. The highest BCUT2D eigenvalue weighted by Gasteiger charge is 2.47. The van der Waals surface area contributed by atoms with E-state index in [0.29, 0.717) is 11.1 Å². The fourth-order valence-corrected chi connectivity index (χ4v) is 3.77. The number of esters is 1. The number of aromatic hydroxyl groups is 1. The van der Waals surface area contributed by atoms with Crippen molar-refractivity contribution in [1.29, 1.82) is 0 Å². The molecular formula is C25H20N2O6. The van der Waals surface area contributed by atoms with Crippen molar-refractivity contribution in [2.45, 2.75) is 13.0 Å². The number of amides is 1. The Balaban J connectivity index is 1.92. The van der Waals surface area contributed by atoms with Crippen LogP contribution in [0.3, 0.4) is 0 Å². The van der Waals surface area contributed by atoms with Gasteiger partial charge in [-0.05, 0) is 55.0 Å². The minimum atomic E-state index is -1.04. The number of aliphatic hydroxyl groups is 1. The first-order valence-corrected chi connectivity index (χ1v) is 10.2. The summed E-state index contributed by atoms with van der Waals surface area (Å²) in [6.45, 7) is 1.87. The van der Waals surface area contributed by atoms with Crippen molar-refractivity contribution in [2.24, 2.45) is 0 Å². The summed E-state index contributed by atoms with van der Waals surface area (Å²) in [6, 6.07) is 14.2. The third-order valence-electron chi connectivity index (χ3n) is 5.22. The summed E-state index contributed by atoms with van der Waals surface area (Å²) >= 11 is 0. The SMILES string of the molecule is CCOC(=O)c1cccc(N2C(=O)C(=O)/C(=C(/O)c3ccncc3)C2c2cccc(O)c2)c1. The first-order chi connectivity index (χ1) is 15.9. The van der Waals surface area contributed by atoms with Crippen LogP contribution in [0.4, 0.5) is 5.69 Å². The van der Waals surface area contributed by atoms with Gasteiger partial charge in [0.2, 0.25) is 0 Å². The van der Waals surface area contributed by atoms with Crippen LogP contribution >= 0.6 is 0 Å². The van der Waals surface area contributed by atoms with E-state index in [1.807, 2.05) is 0 Å². The molecule has 3 aromatic rings. The van der Waals surface area contributed by atoms with E-state index in [1.54, 1.807) is 37.3 Å². The number of hydrogen-bond donors (Lipinski definition) is 2. The third kappa shape index (κ3) is 4.06. The highest BCUT2D eigenvalue weighted by molar-refractivity contribution is 6.51.